The Kier molecular flexibility index (Phi) is 4.10. The topological polar surface area (TPSA) is 48.0 Å². The summed E-state index contributed by atoms with van der Waals surface area (Å²) < 4.78 is 16.4. The first-order valence-electron chi connectivity index (χ1n) is 7.83. The van der Waals surface area contributed by atoms with Crippen molar-refractivity contribution in [3.63, 3.8) is 0 Å². The molecule has 0 spiro atoms. The summed E-state index contributed by atoms with van der Waals surface area (Å²) in [5, 5.41) is 2.04. The molecular weight excluding hydrogens is 374 g/mol. The van der Waals surface area contributed by atoms with E-state index in [9.17, 15) is 9.18 Å². The Morgan fingerprint density at radius 2 is 1.81 bits per heavy atom. The average Bonchev–Trinajstić information content (AvgIpc) is 2.93. The van der Waals surface area contributed by atoms with Crippen molar-refractivity contribution in [3.8, 4) is 0 Å². The predicted molar refractivity (Wildman–Crippen MR) is 102 cm³/mol. The van der Waals surface area contributed by atoms with E-state index in [0.29, 0.717) is 43.0 Å². The van der Waals surface area contributed by atoms with Crippen LogP contribution >= 0.6 is 23.2 Å². The molecule has 0 aliphatic carbocycles. The van der Waals surface area contributed by atoms with Crippen LogP contribution in [-0.2, 0) is 6.54 Å². The molecule has 1 aromatic heterocycles. The molecule has 1 radical (unpaired) electrons. The van der Waals surface area contributed by atoms with E-state index in [0.717, 1.165) is 0 Å². The second-order valence-electron chi connectivity index (χ2n) is 5.90. The molecule has 0 saturated carbocycles. The van der Waals surface area contributed by atoms with Gasteiger partial charge >= 0.3 is 0 Å². The molecule has 0 atom stereocenters. The Balaban J connectivity index is 2.11. The third kappa shape index (κ3) is 2.54. The molecule has 2 N–H and O–H groups in total. The fourth-order valence-electron chi connectivity index (χ4n) is 3.28. The van der Waals surface area contributed by atoms with Crippen molar-refractivity contribution in [3.05, 3.63) is 81.6 Å². The molecule has 3 nitrogen and oxygen atoms in total. The number of nitrogens with two attached hydrogens (primary N) is 1. The van der Waals surface area contributed by atoms with Gasteiger partial charge in [0.1, 0.15) is 5.82 Å². The molecule has 1 amide bonds. The van der Waals surface area contributed by atoms with Crippen molar-refractivity contribution in [2.75, 3.05) is 0 Å². The van der Waals surface area contributed by atoms with Gasteiger partial charge < -0.3 is 10.3 Å². The van der Waals surface area contributed by atoms with E-state index in [2.05, 4.69) is 6.07 Å². The number of carbonyl (C=O) groups excluding carboxylic acids is 1. The molecule has 0 unspecified atom stereocenters. The van der Waals surface area contributed by atoms with Crippen LogP contribution < -0.4 is 5.73 Å². The van der Waals surface area contributed by atoms with Crippen molar-refractivity contribution >= 4 is 50.9 Å². The largest absolute Gasteiger partial charge is 0.366 e. The van der Waals surface area contributed by atoms with Gasteiger partial charge in [-0.3, -0.25) is 4.79 Å². The number of aromatic nitrogens is 1. The van der Waals surface area contributed by atoms with Crippen LogP contribution in [0.4, 0.5) is 4.39 Å². The van der Waals surface area contributed by atoms with Crippen LogP contribution in [0.5, 0.6) is 0 Å². The normalized spacial score (nSPS) is 11.3. The lowest BCUT2D eigenvalue weighted by atomic mass is 10.1. The number of amides is 1. The Hall–Kier alpha value is -2.56. The first kappa shape index (κ1) is 16.9. The summed E-state index contributed by atoms with van der Waals surface area (Å²) in [7, 11) is 0. The zero-order valence-electron chi connectivity index (χ0n) is 13.4. The van der Waals surface area contributed by atoms with Gasteiger partial charge in [0.05, 0.1) is 17.6 Å². The minimum atomic E-state index is -0.580. The lowest BCUT2D eigenvalue weighted by Gasteiger charge is -2.11. The predicted octanol–water partition coefficient (Wildman–Crippen LogP) is 5.19. The third-order valence-corrected chi connectivity index (χ3v) is 5.13. The van der Waals surface area contributed by atoms with E-state index >= 15 is 0 Å². The Morgan fingerprint density at radius 1 is 1.12 bits per heavy atom. The van der Waals surface area contributed by atoms with E-state index < -0.39 is 11.7 Å². The van der Waals surface area contributed by atoms with Gasteiger partial charge in [-0.1, -0.05) is 41.4 Å². The van der Waals surface area contributed by atoms with E-state index in [-0.39, 0.29) is 6.54 Å². The lowest BCUT2D eigenvalue weighted by molar-refractivity contribution is 0.100. The number of rotatable bonds is 3. The highest BCUT2D eigenvalue weighted by Crippen LogP contribution is 2.35. The molecule has 1 heterocycles. The quantitative estimate of drug-likeness (QED) is 0.518. The first-order valence-corrected chi connectivity index (χ1v) is 8.58. The molecule has 6 heteroatoms. The number of fused-ring (bicyclic) bond motifs is 3. The summed E-state index contributed by atoms with van der Waals surface area (Å²) in [5.41, 5.74) is 7.49. The summed E-state index contributed by atoms with van der Waals surface area (Å²) in [5.74, 6) is -1.00. The minimum absolute atomic E-state index is 0.246. The monoisotopic (exact) mass is 385 g/mol. The molecule has 0 aliphatic rings. The number of halogens is 3. The fourth-order valence-corrected chi connectivity index (χ4v) is 3.80. The first-order chi connectivity index (χ1) is 12.5. The standard InChI is InChI=1S/C20H12Cl2FN2O/c21-14-6-3-7-15(22)13(14)10-25-17-9-2-5-12(20(24)26)18(17)11-4-1-8-16(23)19(11)25/h1-3,5-9H,10H2,(H2,24,26). The molecule has 4 rings (SSSR count). The molecule has 0 bridgehead atoms. The molecule has 0 saturated heterocycles. The highest BCUT2D eigenvalue weighted by molar-refractivity contribution is 6.36. The fraction of sp³-hybridized carbons (Fsp3) is 0.0500. The number of hydrogen-bond acceptors (Lipinski definition) is 1. The summed E-state index contributed by atoms with van der Waals surface area (Å²) >= 11 is 12.6. The Labute approximate surface area is 158 Å². The average molecular weight is 386 g/mol. The van der Waals surface area contributed by atoms with Gasteiger partial charge in [-0.25, -0.2) is 4.39 Å². The van der Waals surface area contributed by atoms with E-state index in [4.69, 9.17) is 28.9 Å². The Morgan fingerprint density at radius 3 is 2.50 bits per heavy atom. The van der Waals surface area contributed by atoms with Crippen LogP contribution in [0.2, 0.25) is 10.0 Å². The summed E-state index contributed by atoms with van der Waals surface area (Å²) in [6.45, 7) is 0.246. The van der Waals surface area contributed by atoms with Crippen LogP contribution in [0.3, 0.4) is 0 Å². The highest BCUT2D eigenvalue weighted by Gasteiger charge is 2.20. The van der Waals surface area contributed by atoms with E-state index in [1.54, 1.807) is 41.0 Å². The van der Waals surface area contributed by atoms with Gasteiger partial charge in [-0.2, -0.15) is 0 Å². The van der Waals surface area contributed by atoms with Gasteiger partial charge in [0.25, 0.3) is 0 Å². The van der Waals surface area contributed by atoms with Crippen molar-refractivity contribution in [2.45, 2.75) is 6.54 Å². The molecule has 0 aliphatic heterocycles. The molecule has 129 valence electrons. The molecule has 26 heavy (non-hydrogen) atoms. The van der Waals surface area contributed by atoms with Crippen molar-refractivity contribution < 1.29 is 9.18 Å². The molecule has 0 fully saturated rings. The Bertz CT molecular complexity index is 1160. The zero-order chi connectivity index (χ0) is 18.4. The molecular formula is C20H12Cl2FN2O. The van der Waals surface area contributed by atoms with Crippen molar-refractivity contribution in [2.24, 2.45) is 5.73 Å². The smallest absolute Gasteiger partial charge is 0.249 e. The van der Waals surface area contributed by atoms with Crippen LogP contribution in [0.1, 0.15) is 15.9 Å². The second-order valence-corrected chi connectivity index (χ2v) is 6.71. The van der Waals surface area contributed by atoms with Gasteiger partial charge in [-0.15, -0.1) is 0 Å². The van der Waals surface area contributed by atoms with E-state index in [1.807, 2.05) is 0 Å². The minimum Gasteiger partial charge on any atom is -0.366 e. The van der Waals surface area contributed by atoms with Crippen molar-refractivity contribution in [1.82, 2.24) is 4.57 Å². The third-order valence-electron chi connectivity index (χ3n) is 4.42. The number of benzene rings is 3. The van der Waals surface area contributed by atoms with Gasteiger partial charge in [0, 0.05) is 31.9 Å². The maximum Gasteiger partial charge on any atom is 0.249 e. The van der Waals surface area contributed by atoms with Crippen LogP contribution in [0.15, 0.2) is 48.5 Å². The number of carbonyl (C=O) groups is 1. The number of primary amides is 1. The summed E-state index contributed by atoms with van der Waals surface area (Å²) in [6, 6.07) is 16.2. The van der Waals surface area contributed by atoms with Gasteiger partial charge in [0.2, 0.25) is 5.91 Å². The zero-order valence-corrected chi connectivity index (χ0v) is 14.9. The lowest BCUT2D eigenvalue weighted by Crippen LogP contribution is -2.11. The van der Waals surface area contributed by atoms with Crippen LogP contribution in [-0.4, -0.2) is 10.5 Å². The van der Waals surface area contributed by atoms with Crippen LogP contribution in [0.25, 0.3) is 21.8 Å². The van der Waals surface area contributed by atoms with Gasteiger partial charge in [-0.05, 0) is 36.4 Å². The van der Waals surface area contributed by atoms with Gasteiger partial charge in [0.15, 0.2) is 0 Å². The molecule has 4 aromatic rings. The number of nitrogens with zero attached hydrogens (tertiary/aromatic N) is 1. The SMILES string of the molecule is NC(=O)c1cccc2c1c1[c]ccc(F)c1n2Cc1c(Cl)cccc1Cl. The maximum atomic E-state index is 14.7. The van der Waals surface area contributed by atoms with Crippen LogP contribution in [0, 0.1) is 11.9 Å². The number of hydrogen-bond donors (Lipinski definition) is 1. The molecule has 3 aromatic carbocycles. The van der Waals surface area contributed by atoms with E-state index in [1.165, 1.54) is 12.1 Å². The highest BCUT2D eigenvalue weighted by atomic mass is 35.5. The summed E-state index contributed by atoms with van der Waals surface area (Å²) in [6.07, 6.45) is 0. The second kappa shape index (κ2) is 6.31. The maximum absolute atomic E-state index is 14.7. The van der Waals surface area contributed by atoms with Crippen molar-refractivity contribution in [1.29, 1.82) is 0 Å². The summed E-state index contributed by atoms with van der Waals surface area (Å²) in [4.78, 5) is 11.9.